The molecule has 0 radical (unpaired) electrons. The van der Waals surface area contributed by atoms with Gasteiger partial charge in [0, 0.05) is 33.1 Å². The summed E-state index contributed by atoms with van der Waals surface area (Å²) in [6.07, 6.45) is 3.23. The van der Waals surface area contributed by atoms with E-state index in [9.17, 15) is 9.59 Å². The zero-order valence-electron chi connectivity index (χ0n) is 22.7. The van der Waals surface area contributed by atoms with E-state index in [4.69, 9.17) is 11.1 Å². The van der Waals surface area contributed by atoms with Gasteiger partial charge in [0.1, 0.15) is 5.69 Å². The van der Waals surface area contributed by atoms with Crippen molar-refractivity contribution in [3.8, 4) is 0 Å². The topological polar surface area (TPSA) is 116 Å². The number of nitrogens with two attached hydrogens (primary N) is 1. The van der Waals surface area contributed by atoms with Crippen LogP contribution in [0.1, 0.15) is 64.9 Å². The summed E-state index contributed by atoms with van der Waals surface area (Å²) < 4.78 is 1.62. The molecule has 2 amide bonds. The maximum atomic E-state index is 11.8. The Kier molecular flexibility index (Phi) is 25.6. The first kappa shape index (κ1) is 35.5. The van der Waals surface area contributed by atoms with Crippen LogP contribution in [0.2, 0.25) is 0 Å². The lowest BCUT2D eigenvalue weighted by Gasteiger charge is -2.04. The van der Waals surface area contributed by atoms with Crippen molar-refractivity contribution in [3.05, 3.63) is 54.4 Å². The van der Waals surface area contributed by atoms with Gasteiger partial charge in [-0.3, -0.25) is 15.0 Å². The van der Waals surface area contributed by atoms with Gasteiger partial charge in [0.15, 0.2) is 0 Å². The third-order valence-electron chi connectivity index (χ3n) is 3.58. The number of hydrogen-bond donors (Lipinski definition) is 4. The van der Waals surface area contributed by atoms with E-state index >= 15 is 0 Å². The van der Waals surface area contributed by atoms with Crippen molar-refractivity contribution >= 4 is 23.3 Å². The second-order valence-corrected chi connectivity index (χ2v) is 6.90. The first-order valence-electron chi connectivity index (χ1n) is 11.9. The molecule has 0 bridgehead atoms. The number of benzene rings is 1. The summed E-state index contributed by atoms with van der Waals surface area (Å²) in [6.45, 7) is 13.1. The zero-order valence-corrected chi connectivity index (χ0v) is 22.7. The number of anilines is 1. The van der Waals surface area contributed by atoms with Gasteiger partial charge in [-0.2, -0.15) is 0 Å². The Morgan fingerprint density at radius 1 is 1.03 bits per heavy atom. The maximum Gasteiger partial charge on any atom is 0.267 e. The van der Waals surface area contributed by atoms with E-state index in [1.807, 2.05) is 64.1 Å². The Labute approximate surface area is 207 Å². The molecule has 1 heterocycles. The van der Waals surface area contributed by atoms with Crippen LogP contribution in [0, 0.1) is 5.41 Å². The van der Waals surface area contributed by atoms with Crippen LogP contribution < -0.4 is 16.4 Å². The van der Waals surface area contributed by atoms with E-state index in [0.29, 0.717) is 24.3 Å². The molecule has 2 aromatic rings. The zero-order chi connectivity index (χ0) is 26.9. The van der Waals surface area contributed by atoms with Crippen molar-refractivity contribution < 1.29 is 9.59 Å². The molecular formula is C26H48N6O2. The van der Waals surface area contributed by atoms with E-state index in [0.717, 1.165) is 0 Å². The van der Waals surface area contributed by atoms with Crippen LogP contribution in [0.4, 0.5) is 5.69 Å². The number of aryl methyl sites for hydroxylation is 1. The van der Waals surface area contributed by atoms with Gasteiger partial charge in [-0.25, -0.2) is 0 Å². The van der Waals surface area contributed by atoms with Gasteiger partial charge in [-0.1, -0.05) is 71.0 Å². The molecule has 0 fully saturated rings. The number of amidine groups is 1. The highest BCUT2D eigenvalue weighted by Crippen LogP contribution is 2.12. The van der Waals surface area contributed by atoms with Crippen molar-refractivity contribution in [2.75, 3.05) is 32.5 Å². The predicted octanol–water partition coefficient (Wildman–Crippen LogP) is 4.74. The molecule has 0 aliphatic heterocycles. The Bertz CT molecular complexity index is 731. The lowest BCUT2D eigenvalue weighted by Crippen LogP contribution is -2.28. The number of nitrogens with zero attached hydrogens (tertiary/aromatic N) is 2. The van der Waals surface area contributed by atoms with Gasteiger partial charge in [-0.15, -0.1) is 0 Å². The minimum Gasteiger partial charge on any atom is -0.388 e. The molecule has 8 heteroatoms. The van der Waals surface area contributed by atoms with E-state index < -0.39 is 0 Å². The minimum absolute atomic E-state index is 0.0288. The fourth-order valence-electron chi connectivity index (χ4n) is 2.30. The fraction of sp³-hybridized carbons (Fsp3) is 0.500. The number of carbonyl (C=O) groups excluding carboxylic acids is 2. The van der Waals surface area contributed by atoms with E-state index in [2.05, 4.69) is 36.6 Å². The first-order chi connectivity index (χ1) is 16.2. The lowest BCUT2D eigenvalue weighted by molar-refractivity contribution is -0.114. The molecule has 0 saturated carbocycles. The fourth-order valence-corrected chi connectivity index (χ4v) is 2.30. The summed E-state index contributed by atoms with van der Waals surface area (Å²) in [5.41, 5.74) is 6.19. The summed E-state index contributed by atoms with van der Waals surface area (Å²) in [4.78, 5) is 24.9. The Hall–Kier alpha value is -3.13. The highest BCUT2D eigenvalue weighted by Gasteiger charge is 2.11. The number of hydrogen-bond acceptors (Lipinski definition) is 4. The lowest BCUT2D eigenvalue weighted by atomic mass is 10.3. The Morgan fingerprint density at radius 2 is 1.50 bits per heavy atom. The monoisotopic (exact) mass is 476 g/mol. The number of nitrogens with one attached hydrogen (secondary N) is 3. The maximum absolute atomic E-state index is 11.8. The third-order valence-corrected chi connectivity index (χ3v) is 3.58. The Balaban J connectivity index is -0.000000490. The van der Waals surface area contributed by atoms with Gasteiger partial charge in [0.05, 0.1) is 11.5 Å². The van der Waals surface area contributed by atoms with Crippen molar-refractivity contribution in [1.29, 1.82) is 5.41 Å². The van der Waals surface area contributed by atoms with Crippen LogP contribution in [0.15, 0.2) is 48.7 Å². The van der Waals surface area contributed by atoms with Crippen LogP contribution in [-0.4, -0.2) is 54.3 Å². The molecule has 0 aliphatic rings. The second-order valence-electron chi connectivity index (χ2n) is 6.90. The molecule has 0 aliphatic carbocycles. The number of rotatable bonds is 7. The highest BCUT2D eigenvalue weighted by atomic mass is 16.2. The van der Waals surface area contributed by atoms with Crippen molar-refractivity contribution in [3.63, 3.8) is 0 Å². The minimum atomic E-state index is -0.268. The standard InChI is InChI=1S/C11H17N5O2.C6H6.C5H13N.2C2H6/c1-7(17)15-8-5-9(16(2)6-8)11(18)14-4-3-10(12)13;1-2-4-6-5-3-1;1-4-5-6(2)3;2*1-2/h5-6H,3-4H2,1-2H3,(H3,12,13)(H,14,18)(H,15,17);1-6H;4-5H2,1-3H3;2*1-2H3. The normalized spacial score (nSPS) is 8.76. The van der Waals surface area contributed by atoms with E-state index in [-0.39, 0.29) is 17.6 Å². The SMILES string of the molecule is CC.CC.CC(=O)Nc1cc(C(=O)NCCC(=N)N)n(C)c1.CCCN(C)C.c1ccccc1. The average Bonchev–Trinajstić information content (AvgIpc) is 3.17. The van der Waals surface area contributed by atoms with E-state index in [1.165, 1.54) is 19.9 Å². The molecule has 194 valence electrons. The van der Waals surface area contributed by atoms with Gasteiger partial charge in [0.2, 0.25) is 5.91 Å². The number of carbonyl (C=O) groups is 2. The highest BCUT2D eigenvalue weighted by molar-refractivity contribution is 5.96. The van der Waals surface area contributed by atoms with E-state index in [1.54, 1.807) is 23.9 Å². The molecule has 1 aromatic heterocycles. The molecule has 0 saturated heterocycles. The Morgan fingerprint density at radius 3 is 1.82 bits per heavy atom. The summed E-state index contributed by atoms with van der Waals surface area (Å²) in [7, 11) is 5.89. The largest absolute Gasteiger partial charge is 0.388 e. The molecule has 1 aromatic carbocycles. The molecule has 0 unspecified atom stereocenters. The second kappa shape index (κ2) is 24.5. The summed E-state index contributed by atoms with van der Waals surface area (Å²) >= 11 is 0. The van der Waals surface area contributed by atoms with Gasteiger partial charge in [-0.05, 0) is 33.1 Å². The van der Waals surface area contributed by atoms with Gasteiger partial charge >= 0.3 is 0 Å². The summed E-state index contributed by atoms with van der Waals surface area (Å²) in [5.74, 6) is -0.430. The van der Waals surface area contributed by atoms with Crippen molar-refractivity contribution in [2.45, 2.75) is 54.4 Å². The average molecular weight is 477 g/mol. The number of aromatic nitrogens is 1. The van der Waals surface area contributed by atoms with Crippen LogP contribution >= 0.6 is 0 Å². The summed E-state index contributed by atoms with van der Waals surface area (Å²) in [6, 6.07) is 13.6. The van der Waals surface area contributed by atoms with Crippen LogP contribution in [0.3, 0.4) is 0 Å². The molecule has 34 heavy (non-hydrogen) atoms. The molecule has 0 atom stereocenters. The van der Waals surface area contributed by atoms with Crippen molar-refractivity contribution in [2.24, 2.45) is 12.8 Å². The molecular weight excluding hydrogens is 428 g/mol. The third kappa shape index (κ3) is 22.1. The summed E-state index contributed by atoms with van der Waals surface area (Å²) in [5, 5.41) is 12.3. The number of amides is 2. The van der Waals surface area contributed by atoms with Crippen molar-refractivity contribution in [1.82, 2.24) is 14.8 Å². The molecule has 2 rings (SSSR count). The van der Waals surface area contributed by atoms with Crippen LogP contribution in [0.5, 0.6) is 0 Å². The first-order valence-corrected chi connectivity index (χ1v) is 11.9. The van der Waals surface area contributed by atoms with Gasteiger partial charge < -0.3 is 25.8 Å². The quantitative estimate of drug-likeness (QED) is 0.341. The van der Waals surface area contributed by atoms with Crippen LogP contribution in [0.25, 0.3) is 0 Å². The van der Waals surface area contributed by atoms with Crippen LogP contribution in [-0.2, 0) is 11.8 Å². The smallest absolute Gasteiger partial charge is 0.267 e. The predicted molar refractivity (Wildman–Crippen MR) is 147 cm³/mol. The molecule has 5 N–H and O–H groups in total. The molecule has 8 nitrogen and oxygen atoms in total. The van der Waals surface area contributed by atoms with Gasteiger partial charge in [0.25, 0.3) is 5.91 Å². The molecule has 0 spiro atoms.